The Balaban J connectivity index is 2.15. The van der Waals surface area contributed by atoms with E-state index >= 15 is 0 Å². The molecule has 0 saturated heterocycles. The van der Waals surface area contributed by atoms with Crippen molar-refractivity contribution in [1.29, 1.82) is 0 Å². The lowest BCUT2D eigenvalue weighted by atomic mass is 9.89. The molecule has 0 amide bonds. The first kappa shape index (κ1) is 15.2. The summed E-state index contributed by atoms with van der Waals surface area (Å²) in [5, 5.41) is 0. The van der Waals surface area contributed by atoms with Gasteiger partial charge in [0.15, 0.2) is 0 Å². The number of hydrogen-bond donors (Lipinski definition) is 0. The van der Waals surface area contributed by atoms with Gasteiger partial charge >= 0.3 is 5.97 Å². The van der Waals surface area contributed by atoms with E-state index < -0.39 is 0 Å². The van der Waals surface area contributed by atoms with Crippen LogP contribution in [0.2, 0.25) is 0 Å². The van der Waals surface area contributed by atoms with Crippen molar-refractivity contribution >= 4 is 17.1 Å². The summed E-state index contributed by atoms with van der Waals surface area (Å²) in [5.41, 5.74) is 3.85. The molecule has 0 spiro atoms. The topological polar surface area (TPSA) is 35.5 Å². The number of ether oxygens (including phenoxy) is 2. The highest BCUT2D eigenvalue weighted by molar-refractivity contribution is 6.28. The van der Waals surface area contributed by atoms with Crippen molar-refractivity contribution in [3.05, 3.63) is 95.6 Å². The molecule has 0 bridgehead atoms. The van der Waals surface area contributed by atoms with Gasteiger partial charge in [0.05, 0.1) is 12.7 Å². The molecular weight excluding hydrogens is 312 g/mol. The van der Waals surface area contributed by atoms with Gasteiger partial charge in [0.2, 0.25) is 0 Å². The van der Waals surface area contributed by atoms with Gasteiger partial charge < -0.3 is 9.47 Å². The molecule has 3 nitrogen and oxygen atoms in total. The summed E-state index contributed by atoms with van der Waals surface area (Å²) in [6.45, 7) is 0. The van der Waals surface area contributed by atoms with Crippen LogP contribution in [0.25, 0.3) is 11.1 Å². The summed E-state index contributed by atoms with van der Waals surface area (Å²) in [6.07, 6.45) is 0. The number of methoxy groups -OCH3 is 1. The van der Waals surface area contributed by atoms with E-state index in [-0.39, 0.29) is 5.97 Å². The molecule has 3 aromatic rings. The van der Waals surface area contributed by atoms with Gasteiger partial charge in [0.1, 0.15) is 11.5 Å². The summed E-state index contributed by atoms with van der Waals surface area (Å²) in [4.78, 5) is 12.7. The molecule has 122 valence electrons. The molecule has 0 radical (unpaired) electrons. The number of carbonyl (C=O) groups is 1. The van der Waals surface area contributed by atoms with Crippen LogP contribution in [0.5, 0.6) is 11.5 Å². The van der Waals surface area contributed by atoms with Crippen LogP contribution in [-0.2, 0) is 9.53 Å². The SMILES string of the molecule is COC(=O)C1=C(c2ccccc2)c2ccccc2Oc2ccccc21. The quantitative estimate of drug-likeness (QED) is 0.626. The van der Waals surface area contributed by atoms with Gasteiger partial charge in [-0.3, -0.25) is 0 Å². The van der Waals surface area contributed by atoms with Crippen molar-refractivity contribution in [3.8, 4) is 11.5 Å². The van der Waals surface area contributed by atoms with Gasteiger partial charge in [0.25, 0.3) is 0 Å². The molecule has 25 heavy (non-hydrogen) atoms. The third-order valence-corrected chi connectivity index (χ3v) is 4.23. The summed E-state index contributed by atoms with van der Waals surface area (Å²) in [7, 11) is 1.40. The molecular formula is C22H16O3. The summed E-state index contributed by atoms with van der Waals surface area (Å²) >= 11 is 0. The Morgan fingerprint density at radius 1 is 0.760 bits per heavy atom. The zero-order valence-electron chi connectivity index (χ0n) is 13.7. The lowest BCUT2D eigenvalue weighted by Gasteiger charge is -2.13. The van der Waals surface area contributed by atoms with Crippen molar-refractivity contribution in [3.63, 3.8) is 0 Å². The van der Waals surface area contributed by atoms with E-state index in [9.17, 15) is 4.79 Å². The highest BCUT2D eigenvalue weighted by atomic mass is 16.5. The highest BCUT2D eigenvalue weighted by Gasteiger charge is 2.28. The molecule has 1 aliphatic rings. The number of fused-ring (bicyclic) bond motifs is 2. The Bertz CT molecular complexity index is 971. The summed E-state index contributed by atoms with van der Waals surface area (Å²) in [6, 6.07) is 25.1. The molecule has 0 N–H and O–H groups in total. The van der Waals surface area contributed by atoms with Crippen LogP contribution in [0.4, 0.5) is 0 Å². The maximum absolute atomic E-state index is 12.7. The van der Waals surface area contributed by atoms with E-state index in [1.54, 1.807) is 0 Å². The minimum Gasteiger partial charge on any atom is -0.465 e. The number of esters is 1. The molecule has 0 unspecified atom stereocenters. The second-order valence-electron chi connectivity index (χ2n) is 5.70. The lowest BCUT2D eigenvalue weighted by molar-refractivity contribution is -0.133. The Hall–Kier alpha value is -3.33. The smallest absolute Gasteiger partial charge is 0.339 e. The average Bonchev–Trinajstić information content (AvgIpc) is 2.82. The maximum Gasteiger partial charge on any atom is 0.339 e. The molecule has 1 aliphatic heterocycles. The Kier molecular flexibility index (Phi) is 3.82. The van der Waals surface area contributed by atoms with E-state index in [0.29, 0.717) is 17.1 Å². The molecule has 0 aromatic heterocycles. The van der Waals surface area contributed by atoms with Crippen molar-refractivity contribution in [2.45, 2.75) is 0 Å². The predicted molar refractivity (Wildman–Crippen MR) is 97.3 cm³/mol. The van der Waals surface area contributed by atoms with Gasteiger partial charge in [-0.2, -0.15) is 0 Å². The monoisotopic (exact) mass is 328 g/mol. The summed E-state index contributed by atoms with van der Waals surface area (Å²) < 4.78 is 11.2. The van der Waals surface area contributed by atoms with Crippen molar-refractivity contribution in [1.82, 2.24) is 0 Å². The molecule has 0 atom stereocenters. The van der Waals surface area contributed by atoms with Gasteiger partial charge in [-0.05, 0) is 17.7 Å². The fourth-order valence-corrected chi connectivity index (χ4v) is 3.13. The first-order valence-corrected chi connectivity index (χ1v) is 8.04. The number of carbonyl (C=O) groups excluding carboxylic acids is 1. The van der Waals surface area contributed by atoms with Crippen LogP contribution in [0, 0.1) is 0 Å². The fraction of sp³-hybridized carbons (Fsp3) is 0.0455. The average molecular weight is 328 g/mol. The normalized spacial score (nSPS) is 12.5. The van der Waals surface area contributed by atoms with Crippen LogP contribution in [-0.4, -0.2) is 13.1 Å². The third-order valence-electron chi connectivity index (χ3n) is 4.23. The molecule has 4 rings (SSSR count). The van der Waals surface area contributed by atoms with Gasteiger partial charge in [-0.25, -0.2) is 4.79 Å². The molecule has 0 saturated carbocycles. The summed E-state index contributed by atoms with van der Waals surface area (Å²) in [5.74, 6) is 0.973. The van der Waals surface area contributed by atoms with Crippen LogP contribution >= 0.6 is 0 Å². The van der Waals surface area contributed by atoms with E-state index in [0.717, 1.165) is 22.3 Å². The standard InChI is InChI=1S/C22H16O3/c1-24-22(23)21-17-12-6-8-14-19(17)25-18-13-7-5-11-16(18)20(21)15-9-3-2-4-10-15/h2-14H,1H3. The first-order valence-electron chi connectivity index (χ1n) is 8.04. The molecule has 1 heterocycles. The third kappa shape index (κ3) is 2.60. The van der Waals surface area contributed by atoms with Crippen LogP contribution in [0.3, 0.4) is 0 Å². The Labute approximate surface area is 146 Å². The minimum atomic E-state index is -0.383. The number of para-hydroxylation sites is 2. The Morgan fingerprint density at radius 2 is 1.32 bits per heavy atom. The van der Waals surface area contributed by atoms with E-state index in [1.807, 2.05) is 78.9 Å². The molecule has 0 aliphatic carbocycles. The fourth-order valence-electron chi connectivity index (χ4n) is 3.13. The maximum atomic E-state index is 12.7. The molecule has 3 heteroatoms. The number of hydrogen-bond acceptors (Lipinski definition) is 3. The van der Waals surface area contributed by atoms with Crippen molar-refractivity contribution in [2.24, 2.45) is 0 Å². The van der Waals surface area contributed by atoms with Crippen LogP contribution in [0.15, 0.2) is 78.9 Å². The van der Waals surface area contributed by atoms with E-state index in [2.05, 4.69) is 0 Å². The predicted octanol–water partition coefficient (Wildman–Crippen LogP) is 4.92. The van der Waals surface area contributed by atoms with Gasteiger partial charge in [0, 0.05) is 16.7 Å². The largest absolute Gasteiger partial charge is 0.465 e. The first-order chi connectivity index (χ1) is 12.3. The zero-order valence-corrected chi connectivity index (χ0v) is 13.7. The van der Waals surface area contributed by atoms with Crippen LogP contribution in [0.1, 0.15) is 16.7 Å². The minimum absolute atomic E-state index is 0.383. The highest BCUT2D eigenvalue weighted by Crippen LogP contribution is 2.45. The molecule has 0 fully saturated rings. The van der Waals surface area contributed by atoms with Gasteiger partial charge in [-0.1, -0.05) is 66.7 Å². The van der Waals surface area contributed by atoms with Crippen LogP contribution < -0.4 is 4.74 Å². The van der Waals surface area contributed by atoms with Gasteiger partial charge in [-0.15, -0.1) is 0 Å². The second kappa shape index (κ2) is 6.29. The Morgan fingerprint density at radius 3 is 2.00 bits per heavy atom. The number of rotatable bonds is 2. The number of benzene rings is 3. The van der Waals surface area contributed by atoms with Crippen molar-refractivity contribution in [2.75, 3.05) is 7.11 Å². The lowest BCUT2D eigenvalue weighted by Crippen LogP contribution is -2.07. The molecule has 3 aromatic carbocycles. The van der Waals surface area contributed by atoms with E-state index in [4.69, 9.17) is 9.47 Å². The second-order valence-corrected chi connectivity index (χ2v) is 5.70. The van der Waals surface area contributed by atoms with E-state index in [1.165, 1.54) is 7.11 Å². The van der Waals surface area contributed by atoms with Crippen molar-refractivity contribution < 1.29 is 14.3 Å². The zero-order chi connectivity index (χ0) is 17.2.